The highest BCUT2D eigenvalue weighted by Gasteiger charge is 2.63. The quantitative estimate of drug-likeness (QED) is 0.301. The molecule has 1 spiro atoms. The van der Waals surface area contributed by atoms with Crippen LogP contribution in [0.5, 0.6) is 5.88 Å². The molecule has 2 saturated heterocycles. The van der Waals surface area contributed by atoms with E-state index in [0.29, 0.717) is 30.8 Å². The SMILES string of the molecule is CN1CCN2c3ccc(/C=C/C(=O)c4c(O)n(C)c(=O)n(C)c4=O)cc3CC3(C(=O)N(C)C(=O)N(C)C3=O)[C@H]2C1. The van der Waals surface area contributed by atoms with Crippen LogP contribution in [-0.2, 0) is 30.1 Å². The van der Waals surface area contributed by atoms with Crippen molar-refractivity contribution in [1.29, 1.82) is 0 Å². The van der Waals surface area contributed by atoms with Gasteiger partial charge in [0.25, 0.3) is 5.56 Å². The first kappa shape index (κ1) is 27.1. The molecule has 2 aromatic rings. The molecule has 0 saturated carbocycles. The van der Waals surface area contributed by atoms with Gasteiger partial charge in [0.1, 0.15) is 5.56 Å². The predicted octanol–water partition coefficient (Wildman–Crippen LogP) is -0.601. The van der Waals surface area contributed by atoms with Crippen molar-refractivity contribution in [2.24, 2.45) is 19.5 Å². The summed E-state index contributed by atoms with van der Waals surface area (Å²) in [5.74, 6) is -2.61. The van der Waals surface area contributed by atoms with Crippen LogP contribution in [0.25, 0.3) is 6.08 Å². The van der Waals surface area contributed by atoms with Gasteiger partial charge in [0.2, 0.25) is 17.7 Å². The number of hydrogen-bond acceptors (Lipinski definition) is 9. The number of carbonyl (C=O) groups is 4. The Morgan fingerprint density at radius 3 is 2.25 bits per heavy atom. The molecule has 3 aliphatic rings. The third kappa shape index (κ3) is 3.72. The summed E-state index contributed by atoms with van der Waals surface area (Å²) >= 11 is 0. The van der Waals surface area contributed by atoms with E-state index in [1.165, 1.54) is 34.3 Å². The summed E-state index contributed by atoms with van der Waals surface area (Å²) in [5.41, 5.74) is -1.60. The first-order valence-corrected chi connectivity index (χ1v) is 12.7. The van der Waals surface area contributed by atoms with Crippen LogP contribution in [0.3, 0.4) is 0 Å². The summed E-state index contributed by atoms with van der Waals surface area (Å²) in [5, 5.41) is 10.3. The number of piperazine rings is 1. The first-order valence-electron chi connectivity index (χ1n) is 12.7. The molecule has 13 heteroatoms. The van der Waals surface area contributed by atoms with E-state index in [1.54, 1.807) is 12.1 Å². The topological polar surface area (TPSA) is 145 Å². The average molecular weight is 551 g/mol. The molecular weight excluding hydrogens is 520 g/mol. The molecule has 13 nitrogen and oxygen atoms in total. The number of nitrogens with zero attached hydrogens (tertiary/aromatic N) is 6. The van der Waals surface area contributed by atoms with E-state index in [0.717, 1.165) is 30.7 Å². The molecule has 40 heavy (non-hydrogen) atoms. The minimum Gasteiger partial charge on any atom is -0.494 e. The Kier molecular flexibility index (Phi) is 6.29. The van der Waals surface area contributed by atoms with Gasteiger partial charge in [-0.25, -0.2) is 9.59 Å². The molecular formula is C27H30N6O7. The monoisotopic (exact) mass is 550 g/mol. The van der Waals surface area contributed by atoms with Crippen molar-refractivity contribution in [2.75, 3.05) is 45.7 Å². The number of carbonyl (C=O) groups excluding carboxylic acids is 4. The van der Waals surface area contributed by atoms with Gasteiger partial charge in [0.05, 0.1) is 6.04 Å². The molecule has 210 valence electrons. The zero-order valence-corrected chi connectivity index (χ0v) is 22.9. The first-order chi connectivity index (χ1) is 18.8. The highest BCUT2D eigenvalue weighted by atomic mass is 16.3. The Morgan fingerprint density at radius 2 is 1.60 bits per heavy atom. The van der Waals surface area contributed by atoms with E-state index < -0.39 is 57.8 Å². The molecule has 0 radical (unpaired) electrons. The van der Waals surface area contributed by atoms with E-state index in [-0.39, 0.29) is 6.42 Å². The van der Waals surface area contributed by atoms with Crippen molar-refractivity contribution in [3.8, 4) is 5.88 Å². The summed E-state index contributed by atoms with van der Waals surface area (Å²) in [4.78, 5) is 83.5. The molecule has 1 aromatic heterocycles. The van der Waals surface area contributed by atoms with Gasteiger partial charge in [-0.05, 0) is 42.8 Å². The Balaban J connectivity index is 1.56. The molecule has 1 aromatic carbocycles. The summed E-state index contributed by atoms with van der Waals surface area (Å²) in [7, 11) is 7.15. The largest absolute Gasteiger partial charge is 0.494 e. The van der Waals surface area contributed by atoms with Crippen molar-refractivity contribution in [3.05, 3.63) is 61.8 Å². The zero-order valence-electron chi connectivity index (χ0n) is 22.9. The number of imide groups is 2. The number of aromatic nitrogens is 2. The molecule has 1 atom stereocenters. The van der Waals surface area contributed by atoms with Crippen molar-refractivity contribution < 1.29 is 24.3 Å². The van der Waals surface area contributed by atoms with E-state index in [4.69, 9.17) is 0 Å². The van der Waals surface area contributed by atoms with Gasteiger partial charge >= 0.3 is 11.7 Å². The normalized spacial score (nSPS) is 20.9. The maximum absolute atomic E-state index is 13.7. The fourth-order valence-electron chi connectivity index (χ4n) is 6.01. The maximum Gasteiger partial charge on any atom is 0.333 e. The van der Waals surface area contributed by atoms with Gasteiger partial charge in [-0.2, -0.15) is 0 Å². The van der Waals surface area contributed by atoms with Gasteiger partial charge in [-0.1, -0.05) is 12.1 Å². The second-order valence-electron chi connectivity index (χ2n) is 10.6. The van der Waals surface area contributed by atoms with E-state index >= 15 is 0 Å². The number of fused-ring (bicyclic) bond motifs is 4. The third-order valence-corrected chi connectivity index (χ3v) is 8.29. The number of ketones is 1. The minimum atomic E-state index is -1.51. The number of anilines is 1. The molecule has 3 aliphatic heterocycles. The zero-order chi connectivity index (χ0) is 29.3. The van der Waals surface area contributed by atoms with Gasteiger partial charge in [-0.15, -0.1) is 0 Å². The highest BCUT2D eigenvalue weighted by molar-refractivity contribution is 6.20. The number of likely N-dealkylation sites (N-methyl/N-ethyl adjacent to an activating group) is 1. The van der Waals surface area contributed by atoms with Crippen molar-refractivity contribution in [2.45, 2.75) is 12.5 Å². The van der Waals surface area contributed by atoms with Crippen LogP contribution in [-0.4, -0.2) is 99.4 Å². The lowest BCUT2D eigenvalue weighted by atomic mass is 9.67. The molecule has 0 bridgehead atoms. The predicted molar refractivity (Wildman–Crippen MR) is 144 cm³/mol. The van der Waals surface area contributed by atoms with E-state index in [2.05, 4.69) is 9.80 Å². The standard InChI is InChI=1S/C27H30N6O7/c1-28-10-11-33-17-8-6-15(7-9-18(34)20-21(35)29(2)25(39)30(3)22(20)36)12-16(17)13-27(19(33)14-28)23(37)31(4)26(40)32(5)24(27)38/h6-9,12,19,35H,10-11,13-14H2,1-5H3/b9-7+/t19-/m1/s1. The van der Waals surface area contributed by atoms with Gasteiger partial charge in [0, 0.05) is 53.5 Å². The number of benzene rings is 1. The van der Waals surface area contributed by atoms with Crippen LogP contribution < -0.4 is 16.1 Å². The highest BCUT2D eigenvalue weighted by Crippen LogP contribution is 2.46. The Bertz CT molecular complexity index is 1610. The molecule has 1 N–H and O–H groups in total. The van der Waals surface area contributed by atoms with Gasteiger partial charge < -0.3 is 14.9 Å². The van der Waals surface area contributed by atoms with Gasteiger partial charge in [-0.3, -0.25) is 38.1 Å². The molecule has 0 unspecified atom stereocenters. The van der Waals surface area contributed by atoms with Crippen LogP contribution >= 0.6 is 0 Å². The number of allylic oxidation sites excluding steroid dienone is 1. The summed E-state index contributed by atoms with van der Waals surface area (Å²) in [6, 6.07) is 4.25. The van der Waals surface area contributed by atoms with E-state index in [9.17, 15) is 33.9 Å². The fraction of sp³-hybridized carbons (Fsp3) is 0.407. The smallest absolute Gasteiger partial charge is 0.333 e. The Hall–Kier alpha value is -4.52. The van der Waals surface area contributed by atoms with Crippen LogP contribution in [0, 0.1) is 5.41 Å². The summed E-state index contributed by atoms with van der Waals surface area (Å²) < 4.78 is 1.55. The van der Waals surface area contributed by atoms with Gasteiger partial charge in [0.15, 0.2) is 11.2 Å². The van der Waals surface area contributed by atoms with Crippen LogP contribution in [0.15, 0.2) is 33.9 Å². The second kappa shape index (κ2) is 9.30. The average Bonchev–Trinajstić information content (AvgIpc) is 2.94. The maximum atomic E-state index is 13.7. The number of amides is 4. The van der Waals surface area contributed by atoms with Crippen molar-refractivity contribution in [3.63, 3.8) is 0 Å². The number of rotatable bonds is 3. The third-order valence-electron chi connectivity index (χ3n) is 8.29. The number of urea groups is 1. The second-order valence-corrected chi connectivity index (χ2v) is 10.6. The lowest BCUT2D eigenvalue weighted by molar-refractivity contribution is -0.160. The number of hydrogen-bond donors (Lipinski definition) is 1. The number of barbiturate groups is 1. The summed E-state index contributed by atoms with van der Waals surface area (Å²) in [6.07, 6.45) is 2.65. The molecule has 4 amide bonds. The number of aromatic hydroxyl groups is 1. The lowest BCUT2D eigenvalue weighted by Gasteiger charge is -2.55. The summed E-state index contributed by atoms with van der Waals surface area (Å²) in [6.45, 7) is 1.75. The van der Waals surface area contributed by atoms with Crippen LogP contribution in [0.4, 0.5) is 10.5 Å². The van der Waals surface area contributed by atoms with Crippen molar-refractivity contribution in [1.82, 2.24) is 23.8 Å². The lowest BCUT2D eigenvalue weighted by Crippen LogP contribution is -2.74. The van der Waals surface area contributed by atoms with Crippen molar-refractivity contribution >= 4 is 35.4 Å². The minimum absolute atomic E-state index is 0.0642. The molecule has 0 aliphatic carbocycles. The van der Waals surface area contributed by atoms with Crippen LogP contribution in [0.2, 0.25) is 0 Å². The van der Waals surface area contributed by atoms with Crippen LogP contribution in [0.1, 0.15) is 21.5 Å². The Labute approximate surface area is 229 Å². The fourth-order valence-corrected chi connectivity index (χ4v) is 6.01. The molecule has 4 heterocycles. The molecule has 5 rings (SSSR count). The molecule has 2 fully saturated rings. The Morgan fingerprint density at radius 1 is 0.950 bits per heavy atom. The van der Waals surface area contributed by atoms with E-state index in [1.807, 2.05) is 13.1 Å².